The third-order valence-corrected chi connectivity index (χ3v) is 5.15. The lowest BCUT2D eigenvalue weighted by Crippen LogP contribution is -2.41. The number of nitrogens with zero attached hydrogens (tertiary/aromatic N) is 1. The van der Waals surface area contributed by atoms with Crippen molar-refractivity contribution in [1.82, 2.24) is 0 Å². The summed E-state index contributed by atoms with van der Waals surface area (Å²) in [5.41, 5.74) is 3.25. The molecule has 0 saturated carbocycles. The van der Waals surface area contributed by atoms with Gasteiger partial charge in [0.2, 0.25) is 5.91 Å². The zero-order valence-corrected chi connectivity index (χ0v) is 14.6. The highest BCUT2D eigenvalue weighted by Gasteiger charge is 2.33. The average Bonchev–Trinajstić information content (AvgIpc) is 2.84. The second kappa shape index (κ2) is 6.43. The van der Waals surface area contributed by atoms with Gasteiger partial charge in [-0.2, -0.15) is 0 Å². The Morgan fingerprint density at radius 1 is 1.27 bits per heavy atom. The molecule has 2 nitrogen and oxygen atoms in total. The lowest BCUT2D eigenvalue weighted by Gasteiger charge is -2.25. The smallest absolute Gasteiger partial charge is 0.241 e. The van der Waals surface area contributed by atoms with E-state index in [1.165, 1.54) is 5.56 Å². The van der Waals surface area contributed by atoms with Crippen molar-refractivity contribution in [2.24, 2.45) is 0 Å². The number of rotatable bonds is 3. The molecule has 114 valence electrons. The van der Waals surface area contributed by atoms with Crippen LogP contribution in [0, 0.1) is 0 Å². The Kier molecular flexibility index (Phi) is 4.55. The average molecular weight is 379 g/mol. The highest BCUT2D eigenvalue weighted by Crippen LogP contribution is 2.33. The van der Waals surface area contributed by atoms with E-state index in [1.807, 2.05) is 47.4 Å². The summed E-state index contributed by atoms with van der Waals surface area (Å²) < 4.78 is 0. The third-order valence-electron chi connectivity index (χ3n) is 4.07. The number of fused-ring (bicyclic) bond motifs is 1. The molecule has 3 rings (SSSR count). The molecule has 2 unspecified atom stereocenters. The first-order chi connectivity index (χ1) is 10.6. The van der Waals surface area contributed by atoms with Gasteiger partial charge in [0.25, 0.3) is 0 Å². The minimum absolute atomic E-state index is 0.0948. The molecule has 0 spiro atoms. The standard InChI is InChI=1S/C18H17BrClNO/c1-12-10-14-7-3-5-9-17(14)21(12)18(22)15(19)11-13-6-2-4-8-16(13)20/h2-9,12,15H,10-11H2,1H3. The van der Waals surface area contributed by atoms with Crippen LogP contribution in [-0.4, -0.2) is 16.8 Å². The normalized spacial score (nSPS) is 18.1. The number of hydrogen-bond acceptors (Lipinski definition) is 1. The predicted molar refractivity (Wildman–Crippen MR) is 95.0 cm³/mol. The van der Waals surface area contributed by atoms with E-state index in [9.17, 15) is 4.79 Å². The number of carbonyl (C=O) groups is 1. The fourth-order valence-corrected chi connectivity index (χ4v) is 3.78. The van der Waals surface area contributed by atoms with Crippen LogP contribution in [0.5, 0.6) is 0 Å². The summed E-state index contributed by atoms with van der Waals surface area (Å²) in [5.74, 6) is 0.0948. The Balaban J connectivity index is 1.81. The summed E-state index contributed by atoms with van der Waals surface area (Å²) in [4.78, 5) is 14.5. The number of hydrogen-bond donors (Lipinski definition) is 0. The Morgan fingerprint density at radius 2 is 1.95 bits per heavy atom. The molecule has 4 heteroatoms. The molecule has 0 aromatic heterocycles. The van der Waals surface area contributed by atoms with E-state index < -0.39 is 0 Å². The van der Waals surface area contributed by atoms with E-state index in [2.05, 4.69) is 28.9 Å². The lowest BCUT2D eigenvalue weighted by atomic mass is 10.1. The van der Waals surface area contributed by atoms with Gasteiger partial charge in [-0.05, 0) is 43.0 Å². The minimum Gasteiger partial charge on any atom is -0.308 e. The third kappa shape index (κ3) is 2.92. The molecule has 0 aliphatic carbocycles. The summed E-state index contributed by atoms with van der Waals surface area (Å²) in [7, 11) is 0. The largest absolute Gasteiger partial charge is 0.308 e. The topological polar surface area (TPSA) is 20.3 Å². The first-order valence-electron chi connectivity index (χ1n) is 7.36. The summed E-state index contributed by atoms with van der Waals surface area (Å²) in [6.45, 7) is 2.09. The van der Waals surface area contributed by atoms with E-state index in [-0.39, 0.29) is 16.8 Å². The zero-order chi connectivity index (χ0) is 15.7. The molecule has 0 radical (unpaired) electrons. The first-order valence-corrected chi connectivity index (χ1v) is 8.65. The molecule has 1 heterocycles. The molecule has 22 heavy (non-hydrogen) atoms. The van der Waals surface area contributed by atoms with E-state index >= 15 is 0 Å². The van der Waals surface area contributed by atoms with E-state index in [0.717, 1.165) is 17.7 Å². The summed E-state index contributed by atoms with van der Waals surface area (Å²) in [5, 5.41) is 0.703. The van der Waals surface area contributed by atoms with Crippen LogP contribution in [0.3, 0.4) is 0 Å². The molecule has 1 amide bonds. The van der Waals surface area contributed by atoms with Gasteiger partial charge in [-0.15, -0.1) is 0 Å². The van der Waals surface area contributed by atoms with Crippen molar-refractivity contribution < 1.29 is 4.79 Å². The number of anilines is 1. The molecule has 0 saturated heterocycles. The van der Waals surface area contributed by atoms with Gasteiger partial charge >= 0.3 is 0 Å². The summed E-state index contributed by atoms with van der Waals surface area (Å²) in [6, 6.07) is 16.0. The Bertz CT molecular complexity index is 703. The number of amides is 1. The van der Waals surface area contributed by atoms with Crippen molar-refractivity contribution in [3.63, 3.8) is 0 Å². The van der Waals surface area contributed by atoms with Crippen LogP contribution in [0.15, 0.2) is 48.5 Å². The number of halogens is 2. The molecule has 0 N–H and O–H groups in total. The highest BCUT2D eigenvalue weighted by atomic mass is 79.9. The van der Waals surface area contributed by atoms with Crippen LogP contribution in [0.25, 0.3) is 0 Å². The first kappa shape index (κ1) is 15.6. The van der Waals surface area contributed by atoms with Gasteiger partial charge in [-0.1, -0.05) is 63.9 Å². The second-order valence-corrected chi connectivity index (χ2v) is 7.17. The lowest BCUT2D eigenvalue weighted by molar-refractivity contribution is -0.118. The van der Waals surface area contributed by atoms with Crippen LogP contribution < -0.4 is 4.90 Å². The molecule has 1 aliphatic heterocycles. The quantitative estimate of drug-likeness (QED) is 0.713. The van der Waals surface area contributed by atoms with E-state index in [0.29, 0.717) is 11.4 Å². The van der Waals surface area contributed by atoms with Crippen LogP contribution in [0.4, 0.5) is 5.69 Å². The van der Waals surface area contributed by atoms with Gasteiger partial charge in [0, 0.05) is 16.8 Å². The van der Waals surface area contributed by atoms with Gasteiger partial charge in [0.1, 0.15) is 0 Å². The maximum absolute atomic E-state index is 12.9. The maximum Gasteiger partial charge on any atom is 0.241 e. The van der Waals surface area contributed by atoms with Crippen LogP contribution in [0.1, 0.15) is 18.1 Å². The molecule has 2 atom stereocenters. The van der Waals surface area contributed by atoms with Crippen molar-refractivity contribution in [2.45, 2.75) is 30.6 Å². The number of alkyl halides is 1. The van der Waals surface area contributed by atoms with E-state index in [4.69, 9.17) is 11.6 Å². The number of benzene rings is 2. The van der Waals surface area contributed by atoms with Gasteiger partial charge in [-0.3, -0.25) is 4.79 Å². The predicted octanol–water partition coefficient (Wildman–Crippen LogP) is 4.62. The fourth-order valence-electron chi connectivity index (χ4n) is 3.00. The molecule has 0 fully saturated rings. The number of para-hydroxylation sites is 1. The molecular weight excluding hydrogens is 362 g/mol. The van der Waals surface area contributed by atoms with Gasteiger partial charge in [0.15, 0.2) is 0 Å². The van der Waals surface area contributed by atoms with Crippen molar-refractivity contribution in [3.8, 4) is 0 Å². The minimum atomic E-state index is -0.277. The zero-order valence-electron chi connectivity index (χ0n) is 12.3. The Labute approximate surface area is 144 Å². The molecule has 2 aromatic rings. The van der Waals surface area contributed by atoms with Gasteiger partial charge in [-0.25, -0.2) is 0 Å². The summed E-state index contributed by atoms with van der Waals surface area (Å²) >= 11 is 9.75. The Hall–Kier alpha value is -1.32. The fraction of sp³-hybridized carbons (Fsp3) is 0.278. The van der Waals surface area contributed by atoms with Crippen molar-refractivity contribution >= 4 is 39.1 Å². The second-order valence-electron chi connectivity index (χ2n) is 5.65. The highest BCUT2D eigenvalue weighted by molar-refractivity contribution is 9.10. The van der Waals surface area contributed by atoms with Crippen molar-refractivity contribution in [2.75, 3.05) is 4.90 Å². The Morgan fingerprint density at radius 3 is 2.73 bits per heavy atom. The molecular formula is C18H17BrClNO. The monoisotopic (exact) mass is 377 g/mol. The van der Waals surface area contributed by atoms with Crippen LogP contribution in [-0.2, 0) is 17.6 Å². The van der Waals surface area contributed by atoms with Crippen LogP contribution in [0.2, 0.25) is 5.02 Å². The summed E-state index contributed by atoms with van der Waals surface area (Å²) in [6.07, 6.45) is 1.50. The maximum atomic E-state index is 12.9. The van der Waals surface area contributed by atoms with Crippen molar-refractivity contribution in [1.29, 1.82) is 0 Å². The van der Waals surface area contributed by atoms with Crippen LogP contribution >= 0.6 is 27.5 Å². The molecule has 1 aliphatic rings. The number of carbonyl (C=O) groups excluding carboxylic acids is 1. The van der Waals surface area contributed by atoms with Gasteiger partial charge in [0.05, 0.1) is 4.83 Å². The molecule has 2 aromatic carbocycles. The van der Waals surface area contributed by atoms with Gasteiger partial charge < -0.3 is 4.90 Å². The SMILES string of the molecule is CC1Cc2ccccc2N1C(=O)C(Br)Cc1ccccc1Cl. The van der Waals surface area contributed by atoms with Crippen molar-refractivity contribution in [3.05, 3.63) is 64.7 Å². The van der Waals surface area contributed by atoms with E-state index in [1.54, 1.807) is 0 Å². The molecule has 0 bridgehead atoms.